The van der Waals surface area contributed by atoms with Gasteiger partial charge in [-0.2, -0.15) is 5.10 Å². The second-order valence-corrected chi connectivity index (χ2v) is 5.53. The molecule has 1 heterocycles. The van der Waals surface area contributed by atoms with Gasteiger partial charge in [-0.1, -0.05) is 27.7 Å². The lowest BCUT2D eigenvalue weighted by molar-refractivity contribution is 0.182. The first-order valence-electron chi connectivity index (χ1n) is 5.92. The highest BCUT2D eigenvalue weighted by Gasteiger charge is 2.32. The second kappa shape index (κ2) is 4.53. The van der Waals surface area contributed by atoms with Gasteiger partial charge in [-0.25, -0.2) is 9.67 Å². The maximum atomic E-state index is 6.22. The molecule has 0 aliphatic rings. The molecule has 92 valence electrons. The van der Waals surface area contributed by atoms with Gasteiger partial charge in [0.15, 0.2) is 0 Å². The van der Waals surface area contributed by atoms with Gasteiger partial charge in [-0.15, -0.1) is 0 Å². The number of aromatic nitrogens is 3. The van der Waals surface area contributed by atoms with Gasteiger partial charge in [0.25, 0.3) is 0 Å². The molecule has 4 nitrogen and oxygen atoms in total. The SMILES string of the molecule is CCC(N)C(n1nc(C)nc1C)C(C)(C)C. The van der Waals surface area contributed by atoms with Crippen LogP contribution in [-0.2, 0) is 0 Å². The molecule has 0 radical (unpaired) electrons. The summed E-state index contributed by atoms with van der Waals surface area (Å²) in [7, 11) is 0. The highest BCUT2D eigenvalue weighted by molar-refractivity contribution is 4.96. The molecule has 16 heavy (non-hydrogen) atoms. The van der Waals surface area contributed by atoms with Gasteiger partial charge in [-0.3, -0.25) is 0 Å². The number of hydrogen-bond donors (Lipinski definition) is 1. The van der Waals surface area contributed by atoms with Crippen molar-refractivity contribution in [1.29, 1.82) is 0 Å². The standard InChI is InChI=1S/C12H24N4/c1-7-10(13)11(12(4,5)6)16-9(3)14-8(2)15-16/h10-11H,7,13H2,1-6H3. The van der Waals surface area contributed by atoms with Crippen LogP contribution in [0.4, 0.5) is 0 Å². The molecule has 0 fully saturated rings. The molecule has 1 aromatic heterocycles. The van der Waals surface area contributed by atoms with E-state index in [0.717, 1.165) is 18.1 Å². The Balaban J connectivity index is 3.16. The molecule has 0 aliphatic carbocycles. The number of nitrogens with zero attached hydrogens (tertiary/aromatic N) is 3. The lowest BCUT2D eigenvalue weighted by atomic mass is 9.81. The van der Waals surface area contributed by atoms with E-state index in [4.69, 9.17) is 5.73 Å². The summed E-state index contributed by atoms with van der Waals surface area (Å²) < 4.78 is 1.99. The van der Waals surface area contributed by atoms with E-state index in [2.05, 4.69) is 37.8 Å². The molecule has 1 aromatic rings. The van der Waals surface area contributed by atoms with E-state index in [1.54, 1.807) is 0 Å². The average Bonchev–Trinajstić information content (AvgIpc) is 2.43. The van der Waals surface area contributed by atoms with Crippen molar-refractivity contribution >= 4 is 0 Å². The van der Waals surface area contributed by atoms with Crippen LogP contribution in [0.3, 0.4) is 0 Å². The van der Waals surface area contributed by atoms with E-state index in [1.807, 2.05) is 18.5 Å². The summed E-state index contributed by atoms with van der Waals surface area (Å²) in [6, 6.07) is 0.304. The maximum Gasteiger partial charge on any atom is 0.147 e. The first kappa shape index (κ1) is 13.2. The first-order chi connectivity index (χ1) is 7.27. The summed E-state index contributed by atoms with van der Waals surface area (Å²) in [4.78, 5) is 4.36. The topological polar surface area (TPSA) is 56.7 Å². The molecule has 0 aromatic carbocycles. The molecule has 0 saturated heterocycles. The summed E-state index contributed by atoms with van der Waals surface area (Å²) in [5, 5.41) is 4.47. The van der Waals surface area contributed by atoms with Crippen LogP contribution in [0.15, 0.2) is 0 Å². The monoisotopic (exact) mass is 224 g/mol. The molecular formula is C12H24N4. The Kier molecular flexibility index (Phi) is 3.73. The number of hydrogen-bond acceptors (Lipinski definition) is 3. The quantitative estimate of drug-likeness (QED) is 0.856. The minimum atomic E-state index is 0.0837. The molecule has 0 aliphatic heterocycles. The zero-order valence-electron chi connectivity index (χ0n) is 11.3. The molecule has 0 saturated carbocycles. The molecular weight excluding hydrogens is 200 g/mol. The Labute approximate surface area is 98.2 Å². The third-order valence-corrected chi connectivity index (χ3v) is 2.94. The summed E-state index contributed by atoms with van der Waals surface area (Å²) in [5.74, 6) is 1.76. The van der Waals surface area contributed by atoms with Crippen molar-refractivity contribution < 1.29 is 0 Å². The number of aryl methyl sites for hydroxylation is 2. The van der Waals surface area contributed by atoms with Crippen molar-refractivity contribution in [1.82, 2.24) is 14.8 Å². The molecule has 0 spiro atoms. The van der Waals surface area contributed by atoms with E-state index in [0.29, 0.717) is 0 Å². The van der Waals surface area contributed by atoms with E-state index < -0.39 is 0 Å². The Morgan fingerprint density at radius 2 is 1.88 bits per heavy atom. The number of nitrogens with two attached hydrogens (primary N) is 1. The Bertz CT molecular complexity index is 348. The van der Waals surface area contributed by atoms with Gasteiger partial charge in [0, 0.05) is 6.04 Å². The molecule has 2 N–H and O–H groups in total. The average molecular weight is 224 g/mol. The predicted molar refractivity (Wildman–Crippen MR) is 66.3 cm³/mol. The van der Waals surface area contributed by atoms with Crippen LogP contribution in [0.2, 0.25) is 0 Å². The third-order valence-electron chi connectivity index (χ3n) is 2.94. The van der Waals surface area contributed by atoms with Gasteiger partial charge in [0.2, 0.25) is 0 Å². The van der Waals surface area contributed by atoms with E-state index in [1.165, 1.54) is 0 Å². The van der Waals surface area contributed by atoms with Gasteiger partial charge >= 0.3 is 0 Å². The predicted octanol–water partition coefficient (Wildman–Crippen LogP) is 2.22. The van der Waals surface area contributed by atoms with Crippen LogP contribution in [0.25, 0.3) is 0 Å². The maximum absolute atomic E-state index is 6.22. The lowest BCUT2D eigenvalue weighted by Gasteiger charge is -2.35. The summed E-state index contributed by atoms with van der Waals surface area (Å²) >= 11 is 0. The molecule has 2 atom stereocenters. The normalized spacial score (nSPS) is 16.2. The Morgan fingerprint density at radius 1 is 1.31 bits per heavy atom. The highest BCUT2D eigenvalue weighted by atomic mass is 15.4. The molecule has 4 heteroatoms. The summed E-state index contributed by atoms with van der Waals surface area (Å²) in [6.07, 6.45) is 0.945. The van der Waals surface area contributed by atoms with Crippen LogP contribution < -0.4 is 5.73 Å². The van der Waals surface area contributed by atoms with E-state index in [9.17, 15) is 0 Å². The van der Waals surface area contributed by atoms with Crippen LogP contribution in [0, 0.1) is 19.3 Å². The minimum Gasteiger partial charge on any atom is -0.326 e. The van der Waals surface area contributed by atoms with E-state index in [-0.39, 0.29) is 17.5 Å². The van der Waals surface area contributed by atoms with Crippen LogP contribution in [-0.4, -0.2) is 20.8 Å². The molecule has 0 bridgehead atoms. The zero-order valence-corrected chi connectivity index (χ0v) is 11.3. The van der Waals surface area contributed by atoms with Crippen molar-refractivity contribution in [2.45, 2.75) is 60.0 Å². The van der Waals surface area contributed by atoms with Gasteiger partial charge in [0.05, 0.1) is 6.04 Å². The van der Waals surface area contributed by atoms with Crippen molar-refractivity contribution in [2.24, 2.45) is 11.1 Å². The highest BCUT2D eigenvalue weighted by Crippen LogP contribution is 2.33. The Hall–Kier alpha value is -0.900. The summed E-state index contributed by atoms with van der Waals surface area (Å²) in [6.45, 7) is 12.6. The van der Waals surface area contributed by atoms with Gasteiger partial charge in [-0.05, 0) is 25.7 Å². The van der Waals surface area contributed by atoms with Crippen molar-refractivity contribution in [3.8, 4) is 0 Å². The van der Waals surface area contributed by atoms with Crippen molar-refractivity contribution in [2.75, 3.05) is 0 Å². The molecule has 0 amide bonds. The Morgan fingerprint density at radius 3 is 2.19 bits per heavy atom. The lowest BCUT2D eigenvalue weighted by Crippen LogP contribution is -2.40. The fourth-order valence-electron chi connectivity index (χ4n) is 2.21. The van der Waals surface area contributed by atoms with Crippen LogP contribution in [0.1, 0.15) is 51.8 Å². The fraction of sp³-hybridized carbons (Fsp3) is 0.833. The van der Waals surface area contributed by atoms with Gasteiger partial charge in [0.1, 0.15) is 11.6 Å². The van der Waals surface area contributed by atoms with Crippen molar-refractivity contribution in [3.63, 3.8) is 0 Å². The number of rotatable bonds is 3. The zero-order chi connectivity index (χ0) is 12.5. The van der Waals surface area contributed by atoms with Crippen molar-refractivity contribution in [3.05, 3.63) is 11.6 Å². The fourth-order valence-corrected chi connectivity index (χ4v) is 2.21. The van der Waals surface area contributed by atoms with Crippen LogP contribution in [0.5, 0.6) is 0 Å². The summed E-state index contributed by atoms with van der Waals surface area (Å²) in [5.41, 5.74) is 6.31. The third kappa shape index (κ3) is 2.61. The second-order valence-electron chi connectivity index (χ2n) is 5.53. The smallest absolute Gasteiger partial charge is 0.147 e. The largest absolute Gasteiger partial charge is 0.326 e. The van der Waals surface area contributed by atoms with Crippen LogP contribution >= 0.6 is 0 Å². The molecule has 1 rings (SSSR count). The minimum absolute atomic E-state index is 0.0837. The molecule has 2 unspecified atom stereocenters. The first-order valence-corrected chi connectivity index (χ1v) is 5.92. The van der Waals surface area contributed by atoms with E-state index >= 15 is 0 Å². The van der Waals surface area contributed by atoms with Gasteiger partial charge < -0.3 is 5.73 Å².